The fraction of sp³-hybridized carbons (Fsp3) is 0.412. The van der Waals surface area contributed by atoms with Crippen molar-refractivity contribution in [2.24, 2.45) is 7.05 Å². The van der Waals surface area contributed by atoms with Gasteiger partial charge in [0.05, 0.1) is 4.92 Å². The molecule has 2 rings (SSSR count). The van der Waals surface area contributed by atoms with E-state index in [0.717, 1.165) is 5.56 Å². The number of aromatic nitrogens is 2. The number of hydrogen-bond donors (Lipinski definition) is 2. The second-order valence-electron chi connectivity index (χ2n) is 5.84. The predicted octanol–water partition coefficient (Wildman–Crippen LogP) is 2.78. The molecule has 1 heterocycles. The molecular formula is C17H22N4O4. The summed E-state index contributed by atoms with van der Waals surface area (Å²) in [5.74, 6) is -0.582. The van der Waals surface area contributed by atoms with Gasteiger partial charge in [-0.15, -0.1) is 0 Å². The summed E-state index contributed by atoms with van der Waals surface area (Å²) in [4.78, 5) is 21.9. The number of nitrogens with zero attached hydrogens (tertiary/aromatic N) is 3. The summed E-state index contributed by atoms with van der Waals surface area (Å²) in [7, 11) is 1.64. The summed E-state index contributed by atoms with van der Waals surface area (Å²) in [5, 5.41) is 27.8. The number of carboxylic acid groups (broad SMARTS) is 1. The zero-order valence-corrected chi connectivity index (χ0v) is 14.3. The van der Waals surface area contributed by atoms with Crippen molar-refractivity contribution in [1.82, 2.24) is 9.78 Å². The Morgan fingerprint density at radius 1 is 1.40 bits per heavy atom. The van der Waals surface area contributed by atoms with Crippen molar-refractivity contribution in [2.45, 2.75) is 38.6 Å². The Morgan fingerprint density at radius 2 is 2.08 bits per heavy atom. The molecule has 0 saturated carbocycles. The molecule has 0 amide bonds. The van der Waals surface area contributed by atoms with E-state index in [4.69, 9.17) is 5.11 Å². The molecule has 0 radical (unpaired) electrons. The molecule has 1 unspecified atom stereocenters. The van der Waals surface area contributed by atoms with Gasteiger partial charge in [0.2, 0.25) is 5.82 Å². The van der Waals surface area contributed by atoms with Gasteiger partial charge in [0.1, 0.15) is 5.69 Å². The maximum absolute atomic E-state index is 11.4. The molecule has 8 nitrogen and oxygen atoms in total. The van der Waals surface area contributed by atoms with Crippen molar-refractivity contribution < 1.29 is 14.8 Å². The molecule has 1 atom stereocenters. The smallest absolute Gasteiger partial charge is 0.333 e. The molecule has 25 heavy (non-hydrogen) atoms. The van der Waals surface area contributed by atoms with Gasteiger partial charge in [-0.2, -0.15) is 5.10 Å². The minimum absolute atomic E-state index is 0.0171. The number of aliphatic carboxylic acids is 1. The molecule has 134 valence electrons. The highest BCUT2D eigenvalue weighted by Crippen LogP contribution is 2.30. The highest BCUT2D eigenvalue weighted by atomic mass is 16.6. The molecule has 0 aliphatic heterocycles. The lowest BCUT2D eigenvalue weighted by molar-refractivity contribution is -0.384. The van der Waals surface area contributed by atoms with Gasteiger partial charge < -0.3 is 10.4 Å². The predicted molar refractivity (Wildman–Crippen MR) is 93.7 cm³/mol. The van der Waals surface area contributed by atoms with Gasteiger partial charge >= 0.3 is 11.7 Å². The summed E-state index contributed by atoms with van der Waals surface area (Å²) in [6.45, 7) is 1.81. The molecule has 1 aromatic heterocycles. The standard InChI is InChI=1S/C17H22N4O4/c1-3-14-16(21(24)25)17(20(2)19-14)18-13(9-10-15(22)23)11-12-7-5-4-6-8-12/h4-8,13,18H,3,9-11H2,1-2H3,(H,22,23). The molecule has 0 saturated heterocycles. The first-order valence-corrected chi connectivity index (χ1v) is 8.14. The van der Waals surface area contributed by atoms with E-state index in [1.807, 2.05) is 37.3 Å². The number of carboxylic acids is 1. The van der Waals surface area contributed by atoms with Crippen molar-refractivity contribution in [3.8, 4) is 0 Å². The average molecular weight is 346 g/mol. The Bertz CT molecular complexity index is 743. The fourth-order valence-electron chi connectivity index (χ4n) is 2.78. The first kappa shape index (κ1) is 18.4. The van der Waals surface area contributed by atoms with Gasteiger partial charge in [-0.1, -0.05) is 37.3 Å². The van der Waals surface area contributed by atoms with Crippen molar-refractivity contribution in [3.05, 3.63) is 51.7 Å². The number of rotatable bonds is 9. The highest BCUT2D eigenvalue weighted by molar-refractivity contribution is 5.67. The van der Waals surface area contributed by atoms with Crippen molar-refractivity contribution in [2.75, 3.05) is 5.32 Å². The van der Waals surface area contributed by atoms with Crippen LogP contribution in [0.5, 0.6) is 0 Å². The zero-order chi connectivity index (χ0) is 18.4. The Labute approximate surface area is 145 Å². The molecule has 2 aromatic rings. The SMILES string of the molecule is CCc1nn(C)c(NC(CCC(=O)O)Cc2ccccc2)c1[N+](=O)[O-]. The van der Waals surface area contributed by atoms with E-state index in [2.05, 4.69) is 10.4 Å². The van der Waals surface area contributed by atoms with Crippen molar-refractivity contribution in [3.63, 3.8) is 0 Å². The molecule has 8 heteroatoms. The summed E-state index contributed by atoms with van der Waals surface area (Å²) in [5.41, 5.74) is 1.40. The third-order valence-electron chi connectivity index (χ3n) is 3.98. The lowest BCUT2D eigenvalue weighted by Gasteiger charge is -2.19. The Morgan fingerprint density at radius 3 is 2.64 bits per heavy atom. The minimum atomic E-state index is -0.895. The number of benzene rings is 1. The highest BCUT2D eigenvalue weighted by Gasteiger charge is 2.27. The van der Waals surface area contributed by atoms with Crippen LogP contribution >= 0.6 is 0 Å². The molecule has 1 aromatic carbocycles. The number of aryl methyl sites for hydroxylation is 2. The topological polar surface area (TPSA) is 110 Å². The fourth-order valence-corrected chi connectivity index (χ4v) is 2.78. The summed E-state index contributed by atoms with van der Waals surface area (Å²) in [6.07, 6.45) is 1.35. The number of nitrogens with one attached hydrogen (secondary N) is 1. The van der Waals surface area contributed by atoms with Crippen LogP contribution in [0.4, 0.5) is 11.5 Å². The largest absolute Gasteiger partial charge is 0.481 e. The molecule has 0 aliphatic rings. The third kappa shape index (κ3) is 4.79. The first-order chi connectivity index (χ1) is 11.9. The van der Waals surface area contributed by atoms with Crippen LogP contribution < -0.4 is 5.32 Å². The normalized spacial score (nSPS) is 11.9. The van der Waals surface area contributed by atoms with E-state index in [-0.39, 0.29) is 18.2 Å². The van der Waals surface area contributed by atoms with E-state index >= 15 is 0 Å². The second-order valence-corrected chi connectivity index (χ2v) is 5.84. The lowest BCUT2D eigenvalue weighted by atomic mass is 10.0. The Hall–Kier alpha value is -2.90. The maximum Gasteiger partial charge on any atom is 0.333 e. The number of nitro groups is 1. The summed E-state index contributed by atoms with van der Waals surface area (Å²) < 4.78 is 1.45. The number of anilines is 1. The lowest BCUT2D eigenvalue weighted by Crippen LogP contribution is -2.25. The van der Waals surface area contributed by atoms with Gasteiger partial charge in [0.25, 0.3) is 0 Å². The van der Waals surface area contributed by atoms with Crippen LogP contribution in [-0.4, -0.2) is 31.8 Å². The van der Waals surface area contributed by atoms with Crippen LogP contribution in [-0.2, 0) is 24.7 Å². The molecule has 0 aliphatic carbocycles. The first-order valence-electron chi connectivity index (χ1n) is 8.14. The zero-order valence-electron chi connectivity index (χ0n) is 14.3. The van der Waals surface area contributed by atoms with Gasteiger partial charge in [-0.05, 0) is 24.8 Å². The Balaban J connectivity index is 2.28. The molecule has 0 fully saturated rings. The van der Waals surface area contributed by atoms with Crippen LogP contribution in [0.15, 0.2) is 30.3 Å². The number of hydrogen-bond acceptors (Lipinski definition) is 5. The minimum Gasteiger partial charge on any atom is -0.481 e. The van der Waals surface area contributed by atoms with E-state index < -0.39 is 10.9 Å². The molecular weight excluding hydrogens is 324 g/mol. The van der Waals surface area contributed by atoms with E-state index in [9.17, 15) is 14.9 Å². The quantitative estimate of drug-likeness (QED) is 0.533. The summed E-state index contributed by atoms with van der Waals surface area (Å²) >= 11 is 0. The van der Waals surface area contributed by atoms with Gasteiger partial charge in [-0.25, -0.2) is 4.68 Å². The third-order valence-corrected chi connectivity index (χ3v) is 3.98. The van der Waals surface area contributed by atoms with Crippen LogP contribution in [0.3, 0.4) is 0 Å². The number of carbonyl (C=O) groups is 1. The molecule has 2 N–H and O–H groups in total. The molecule has 0 spiro atoms. The van der Waals surface area contributed by atoms with E-state index in [1.165, 1.54) is 4.68 Å². The van der Waals surface area contributed by atoms with Gasteiger partial charge in [0, 0.05) is 19.5 Å². The van der Waals surface area contributed by atoms with E-state index in [0.29, 0.717) is 30.8 Å². The van der Waals surface area contributed by atoms with Crippen LogP contribution in [0, 0.1) is 10.1 Å². The van der Waals surface area contributed by atoms with Crippen LogP contribution in [0.1, 0.15) is 31.0 Å². The van der Waals surface area contributed by atoms with Gasteiger partial charge in [0.15, 0.2) is 0 Å². The maximum atomic E-state index is 11.4. The van der Waals surface area contributed by atoms with Crippen LogP contribution in [0.2, 0.25) is 0 Å². The molecule has 0 bridgehead atoms. The van der Waals surface area contributed by atoms with Gasteiger partial charge in [-0.3, -0.25) is 14.9 Å². The average Bonchev–Trinajstić information content (AvgIpc) is 2.89. The summed E-state index contributed by atoms with van der Waals surface area (Å²) in [6, 6.07) is 9.37. The second kappa shape index (κ2) is 8.27. The monoisotopic (exact) mass is 346 g/mol. The Kier molecular flexibility index (Phi) is 6.10. The van der Waals surface area contributed by atoms with Crippen molar-refractivity contribution in [1.29, 1.82) is 0 Å². The van der Waals surface area contributed by atoms with Crippen molar-refractivity contribution >= 4 is 17.5 Å². The van der Waals surface area contributed by atoms with Crippen LogP contribution in [0.25, 0.3) is 0 Å². The van der Waals surface area contributed by atoms with E-state index in [1.54, 1.807) is 7.05 Å².